The molecule has 1 aliphatic rings. The van der Waals surface area contributed by atoms with E-state index in [0.717, 1.165) is 24.8 Å². The van der Waals surface area contributed by atoms with E-state index in [1.807, 2.05) is 18.2 Å². The van der Waals surface area contributed by atoms with Gasteiger partial charge in [-0.25, -0.2) is 0 Å². The second-order valence-corrected chi connectivity index (χ2v) is 4.11. The maximum Gasteiger partial charge on any atom is 0.325 e. The Hall–Kier alpha value is -1.84. The van der Waals surface area contributed by atoms with Gasteiger partial charge in [0, 0.05) is 0 Å². The summed E-state index contributed by atoms with van der Waals surface area (Å²) >= 11 is 0. The zero-order chi connectivity index (χ0) is 12.3. The van der Waals surface area contributed by atoms with Crippen LogP contribution >= 0.6 is 0 Å². The number of ether oxygens (including phenoxy) is 1. The molecule has 1 aliphatic carbocycles. The molecule has 1 amide bonds. The molecule has 17 heavy (non-hydrogen) atoms. The van der Waals surface area contributed by atoms with Crippen LogP contribution in [0, 0.1) is 0 Å². The van der Waals surface area contributed by atoms with Crippen molar-refractivity contribution in [1.82, 2.24) is 4.90 Å². The number of carbonyl (C=O) groups is 2. The lowest BCUT2D eigenvalue weighted by Crippen LogP contribution is -2.32. The summed E-state index contributed by atoms with van der Waals surface area (Å²) in [4.78, 5) is 23.8. The zero-order valence-corrected chi connectivity index (χ0v) is 9.76. The Balaban J connectivity index is 2.17. The number of methoxy groups -OCH3 is 1. The van der Waals surface area contributed by atoms with Gasteiger partial charge in [-0.2, -0.15) is 0 Å². The number of amides is 1. The van der Waals surface area contributed by atoms with Crippen molar-refractivity contribution in [2.24, 2.45) is 0 Å². The monoisotopic (exact) mass is 233 g/mol. The highest BCUT2D eigenvalue weighted by Gasteiger charge is 2.28. The summed E-state index contributed by atoms with van der Waals surface area (Å²) in [5, 5.41) is 0. The Labute approximate surface area is 100 Å². The quantitative estimate of drug-likeness (QED) is 0.582. The average molecular weight is 233 g/mol. The van der Waals surface area contributed by atoms with Crippen molar-refractivity contribution in [3.8, 4) is 0 Å². The summed E-state index contributed by atoms with van der Waals surface area (Å²) in [5.41, 5.74) is 2.40. The first kappa shape index (κ1) is 11.6. The van der Waals surface area contributed by atoms with Crippen LogP contribution in [0.5, 0.6) is 0 Å². The predicted octanol–water partition coefficient (Wildman–Crippen LogP) is 1.31. The molecule has 1 aromatic carbocycles. The second-order valence-electron chi connectivity index (χ2n) is 4.11. The lowest BCUT2D eigenvalue weighted by Gasteiger charge is -2.24. The van der Waals surface area contributed by atoms with Gasteiger partial charge in [0.15, 0.2) is 0 Å². The Morgan fingerprint density at radius 3 is 3.00 bits per heavy atom. The summed E-state index contributed by atoms with van der Waals surface area (Å²) in [5.74, 6) is -0.388. The molecule has 0 aliphatic heterocycles. The van der Waals surface area contributed by atoms with E-state index in [4.69, 9.17) is 0 Å². The van der Waals surface area contributed by atoms with Crippen LogP contribution in [0.25, 0.3) is 0 Å². The molecule has 0 bridgehead atoms. The number of benzene rings is 1. The smallest absolute Gasteiger partial charge is 0.325 e. The number of carbonyl (C=O) groups excluding carboxylic acids is 2. The maximum absolute atomic E-state index is 11.2. The molecule has 4 heteroatoms. The summed E-state index contributed by atoms with van der Waals surface area (Å²) < 4.78 is 4.59. The predicted molar refractivity (Wildman–Crippen MR) is 62.3 cm³/mol. The van der Waals surface area contributed by atoms with Crippen molar-refractivity contribution in [3.63, 3.8) is 0 Å². The van der Waals surface area contributed by atoms with E-state index in [-0.39, 0.29) is 18.6 Å². The van der Waals surface area contributed by atoms with E-state index in [2.05, 4.69) is 10.8 Å². The number of hydrogen-bond donors (Lipinski definition) is 0. The first-order chi connectivity index (χ1) is 8.26. The van der Waals surface area contributed by atoms with Gasteiger partial charge < -0.3 is 9.64 Å². The first-order valence-electron chi connectivity index (χ1n) is 5.62. The van der Waals surface area contributed by atoms with Crippen LogP contribution in [0.15, 0.2) is 24.3 Å². The van der Waals surface area contributed by atoms with Gasteiger partial charge in [-0.15, -0.1) is 0 Å². The standard InChI is InChI=1S/C13H15NO3/c1-17-13(16)8-14(9-15)12-7-6-10-4-2-3-5-11(10)12/h2-5,9,12H,6-8H2,1H3/t12-/m1/s1. The van der Waals surface area contributed by atoms with Gasteiger partial charge in [0.2, 0.25) is 6.41 Å². The molecule has 90 valence electrons. The summed E-state index contributed by atoms with van der Waals surface area (Å²) in [6.45, 7) is 0.0129. The summed E-state index contributed by atoms with van der Waals surface area (Å²) in [6.07, 6.45) is 2.55. The third kappa shape index (κ3) is 2.30. The topological polar surface area (TPSA) is 46.6 Å². The molecule has 0 radical (unpaired) electrons. The highest BCUT2D eigenvalue weighted by molar-refractivity contribution is 5.74. The molecule has 0 aromatic heterocycles. The van der Waals surface area contributed by atoms with Crippen LogP contribution in [-0.4, -0.2) is 30.9 Å². The normalized spacial score (nSPS) is 17.4. The minimum absolute atomic E-state index is 0.00259. The molecule has 4 nitrogen and oxygen atoms in total. The van der Waals surface area contributed by atoms with Crippen LogP contribution in [0.4, 0.5) is 0 Å². The number of nitrogens with zero attached hydrogens (tertiary/aromatic N) is 1. The van der Waals surface area contributed by atoms with Crippen molar-refractivity contribution in [2.45, 2.75) is 18.9 Å². The molecular formula is C13H15NO3. The largest absolute Gasteiger partial charge is 0.468 e. The van der Waals surface area contributed by atoms with E-state index in [1.165, 1.54) is 17.6 Å². The Morgan fingerprint density at radius 1 is 1.53 bits per heavy atom. The van der Waals surface area contributed by atoms with Gasteiger partial charge in [0.1, 0.15) is 6.54 Å². The fraction of sp³-hybridized carbons (Fsp3) is 0.385. The highest BCUT2D eigenvalue weighted by Crippen LogP contribution is 2.34. The number of hydrogen-bond acceptors (Lipinski definition) is 3. The van der Waals surface area contributed by atoms with E-state index in [0.29, 0.717) is 0 Å². The maximum atomic E-state index is 11.2. The molecule has 0 saturated carbocycles. The molecular weight excluding hydrogens is 218 g/mol. The second kappa shape index (κ2) is 4.99. The summed E-state index contributed by atoms with van der Waals surface area (Å²) in [6, 6.07) is 8.03. The Bertz CT molecular complexity index is 430. The van der Waals surface area contributed by atoms with Crippen LogP contribution in [-0.2, 0) is 20.7 Å². The summed E-state index contributed by atoms with van der Waals surface area (Å²) in [7, 11) is 1.33. The Kier molecular flexibility index (Phi) is 3.42. The van der Waals surface area contributed by atoms with Gasteiger partial charge in [-0.1, -0.05) is 24.3 Å². The van der Waals surface area contributed by atoms with Crippen LogP contribution < -0.4 is 0 Å². The van der Waals surface area contributed by atoms with Crippen molar-refractivity contribution >= 4 is 12.4 Å². The van der Waals surface area contributed by atoms with Gasteiger partial charge in [0.25, 0.3) is 0 Å². The van der Waals surface area contributed by atoms with Gasteiger partial charge >= 0.3 is 5.97 Å². The molecule has 1 aromatic rings. The lowest BCUT2D eigenvalue weighted by atomic mass is 10.1. The van der Waals surface area contributed by atoms with E-state index in [9.17, 15) is 9.59 Å². The van der Waals surface area contributed by atoms with Crippen molar-refractivity contribution in [1.29, 1.82) is 0 Å². The molecule has 2 rings (SSSR count). The lowest BCUT2D eigenvalue weighted by molar-refractivity contribution is -0.145. The highest BCUT2D eigenvalue weighted by atomic mass is 16.5. The van der Waals surface area contributed by atoms with Gasteiger partial charge in [0.05, 0.1) is 13.2 Å². The number of aryl methyl sites for hydroxylation is 1. The number of esters is 1. The molecule has 0 spiro atoms. The van der Waals surface area contributed by atoms with Crippen molar-refractivity contribution < 1.29 is 14.3 Å². The fourth-order valence-electron chi connectivity index (χ4n) is 2.31. The molecule has 0 fully saturated rings. The van der Waals surface area contributed by atoms with E-state index in [1.54, 1.807) is 0 Å². The molecule has 0 unspecified atom stereocenters. The Morgan fingerprint density at radius 2 is 2.29 bits per heavy atom. The first-order valence-corrected chi connectivity index (χ1v) is 5.62. The van der Waals surface area contributed by atoms with Gasteiger partial charge in [-0.05, 0) is 24.0 Å². The minimum Gasteiger partial charge on any atom is -0.468 e. The van der Waals surface area contributed by atoms with Crippen molar-refractivity contribution in [3.05, 3.63) is 35.4 Å². The molecule has 0 heterocycles. The van der Waals surface area contributed by atoms with Crippen LogP contribution in [0.1, 0.15) is 23.6 Å². The SMILES string of the molecule is COC(=O)CN(C=O)[C@@H]1CCc2ccccc21. The zero-order valence-electron chi connectivity index (χ0n) is 9.76. The number of fused-ring (bicyclic) bond motifs is 1. The fourth-order valence-corrected chi connectivity index (χ4v) is 2.31. The van der Waals surface area contributed by atoms with Crippen LogP contribution in [0.3, 0.4) is 0 Å². The third-order valence-electron chi connectivity index (χ3n) is 3.18. The van der Waals surface area contributed by atoms with Crippen LogP contribution in [0.2, 0.25) is 0 Å². The van der Waals surface area contributed by atoms with Gasteiger partial charge in [-0.3, -0.25) is 9.59 Å². The van der Waals surface area contributed by atoms with Crippen molar-refractivity contribution in [2.75, 3.05) is 13.7 Å². The van der Waals surface area contributed by atoms with E-state index < -0.39 is 0 Å². The minimum atomic E-state index is -0.388. The number of rotatable bonds is 4. The third-order valence-corrected chi connectivity index (χ3v) is 3.18. The molecule has 0 saturated heterocycles. The molecule has 0 N–H and O–H groups in total. The average Bonchev–Trinajstić information content (AvgIpc) is 2.79. The van der Waals surface area contributed by atoms with E-state index >= 15 is 0 Å². The molecule has 1 atom stereocenters.